The van der Waals surface area contributed by atoms with Crippen LogP contribution in [-0.2, 0) is 10.0 Å². The van der Waals surface area contributed by atoms with Gasteiger partial charge in [-0.05, 0) is 48.5 Å². The lowest BCUT2D eigenvalue weighted by Crippen LogP contribution is -3.07. The van der Waals surface area contributed by atoms with Crippen LogP contribution in [0.1, 0.15) is 22.0 Å². The molecular formula is C26H32N3O5S+. The zero-order valence-corrected chi connectivity index (χ0v) is 21.4. The number of sulfonamides is 1. The highest BCUT2D eigenvalue weighted by atomic mass is 32.2. The third-order valence-electron chi connectivity index (χ3n) is 5.85. The van der Waals surface area contributed by atoms with E-state index in [2.05, 4.69) is 5.32 Å². The molecule has 2 N–H and O–H groups in total. The first kappa shape index (κ1) is 26.1. The van der Waals surface area contributed by atoms with E-state index < -0.39 is 10.0 Å². The molecule has 0 aliphatic rings. The number of carbonyl (C=O) groups excluding carboxylic acids is 1. The molecule has 0 fully saturated rings. The monoisotopic (exact) mass is 498 g/mol. The average Bonchev–Trinajstić information content (AvgIpc) is 2.88. The van der Waals surface area contributed by atoms with Crippen LogP contribution in [-0.4, -0.2) is 56.2 Å². The quantitative estimate of drug-likeness (QED) is 0.447. The summed E-state index contributed by atoms with van der Waals surface area (Å²) in [6, 6.07) is 20.5. The molecule has 0 radical (unpaired) electrons. The molecule has 3 aromatic carbocycles. The number of likely N-dealkylation sites (N-methyl/N-ethyl adjacent to an activating group) is 1. The summed E-state index contributed by atoms with van der Waals surface area (Å²) in [7, 11) is 4.83. The Labute approximate surface area is 207 Å². The number of hydrogen-bond acceptors (Lipinski definition) is 5. The van der Waals surface area contributed by atoms with E-state index in [-0.39, 0.29) is 22.4 Å². The lowest BCUT2D eigenvalue weighted by molar-refractivity contribution is -0.890. The fourth-order valence-corrected chi connectivity index (χ4v) is 5.00. The summed E-state index contributed by atoms with van der Waals surface area (Å²) >= 11 is 0. The standard InChI is InChI=1S/C26H31N3O5S/c1-28(2)23(19-14-15-24(33-4)25(17-19)34-5)18-27-26(30)20-10-9-13-22(16-20)35(31,32)29(3)21-11-7-6-8-12-21/h6-17,23H,18H2,1-5H3,(H,27,30)/p+1/t23-/m1/s1. The van der Waals surface area contributed by atoms with Gasteiger partial charge in [0.25, 0.3) is 15.9 Å². The molecule has 8 nitrogen and oxygen atoms in total. The third kappa shape index (κ3) is 5.93. The van der Waals surface area contributed by atoms with Crippen molar-refractivity contribution in [3.05, 3.63) is 83.9 Å². The first-order valence-electron chi connectivity index (χ1n) is 11.1. The van der Waals surface area contributed by atoms with Crippen molar-refractivity contribution in [2.75, 3.05) is 46.2 Å². The van der Waals surface area contributed by atoms with Crippen LogP contribution in [0.5, 0.6) is 11.5 Å². The highest BCUT2D eigenvalue weighted by Gasteiger charge is 2.24. The van der Waals surface area contributed by atoms with Crippen molar-refractivity contribution in [3.8, 4) is 11.5 Å². The number of hydrogen-bond donors (Lipinski definition) is 2. The average molecular weight is 499 g/mol. The summed E-state index contributed by atoms with van der Waals surface area (Å²) in [6.07, 6.45) is 0. The molecular weight excluding hydrogens is 466 g/mol. The van der Waals surface area contributed by atoms with E-state index in [1.165, 1.54) is 23.5 Å². The van der Waals surface area contributed by atoms with Crippen LogP contribution in [0.4, 0.5) is 5.69 Å². The van der Waals surface area contributed by atoms with E-state index >= 15 is 0 Å². The number of methoxy groups -OCH3 is 2. The maximum Gasteiger partial charge on any atom is 0.264 e. The highest BCUT2D eigenvalue weighted by Crippen LogP contribution is 2.29. The third-order valence-corrected chi connectivity index (χ3v) is 7.63. The molecule has 186 valence electrons. The summed E-state index contributed by atoms with van der Waals surface area (Å²) in [5, 5.41) is 2.94. The van der Waals surface area contributed by atoms with Crippen molar-refractivity contribution in [3.63, 3.8) is 0 Å². The first-order valence-corrected chi connectivity index (χ1v) is 12.6. The number of para-hydroxylation sites is 1. The molecule has 3 rings (SSSR count). The lowest BCUT2D eigenvalue weighted by atomic mass is 10.0. The number of rotatable bonds is 10. The maximum absolute atomic E-state index is 13.1. The van der Waals surface area contributed by atoms with Gasteiger partial charge < -0.3 is 19.7 Å². The Morgan fingerprint density at radius 1 is 0.943 bits per heavy atom. The van der Waals surface area contributed by atoms with Crippen molar-refractivity contribution in [2.24, 2.45) is 0 Å². The van der Waals surface area contributed by atoms with Crippen LogP contribution >= 0.6 is 0 Å². The van der Waals surface area contributed by atoms with Crippen molar-refractivity contribution in [1.82, 2.24) is 5.32 Å². The van der Waals surface area contributed by atoms with Crippen LogP contribution in [0, 0.1) is 0 Å². The number of benzene rings is 3. The summed E-state index contributed by atoms with van der Waals surface area (Å²) in [6.45, 7) is 0.345. The summed E-state index contributed by atoms with van der Waals surface area (Å²) in [4.78, 5) is 14.1. The molecule has 0 aliphatic carbocycles. The molecule has 0 aromatic heterocycles. The summed E-state index contributed by atoms with van der Waals surface area (Å²) in [5.41, 5.74) is 1.78. The highest BCUT2D eigenvalue weighted by molar-refractivity contribution is 7.92. The van der Waals surface area contributed by atoms with Gasteiger partial charge in [0.05, 0.1) is 45.4 Å². The molecule has 0 saturated carbocycles. The molecule has 0 saturated heterocycles. The second-order valence-corrected chi connectivity index (χ2v) is 10.3. The van der Waals surface area contributed by atoms with Crippen LogP contribution < -0.4 is 24.0 Å². The van der Waals surface area contributed by atoms with Gasteiger partial charge in [-0.1, -0.05) is 24.3 Å². The van der Waals surface area contributed by atoms with E-state index in [0.29, 0.717) is 23.7 Å². The predicted octanol–water partition coefficient (Wildman–Crippen LogP) is 2.14. The van der Waals surface area contributed by atoms with Gasteiger partial charge >= 0.3 is 0 Å². The van der Waals surface area contributed by atoms with Gasteiger partial charge in [0.15, 0.2) is 11.5 Å². The van der Waals surface area contributed by atoms with Gasteiger partial charge in [-0.15, -0.1) is 0 Å². The van der Waals surface area contributed by atoms with Crippen molar-refractivity contribution in [2.45, 2.75) is 10.9 Å². The minimum Gasteiger partial charge on any atom is -0.493 e. The predicted molar refractivity (Wildman–Crippen MR) is 136 cm³/mol. The van der Waals surface area contributed by atoms with E-state index in [0.717, 1.165) is 10.5 Å². The van der Waals surface area contributed by atoms with Crippen molar-refractivity contribution in [1.29, 1.82) is 0 Å². The first-order chi connectivity index (χ1) is 16.7. The zero-order chi connectivity index (χ0) is 25.6. The van der Waals surface area contributed by atoms with Crippen LogP contribution in [0.2, 0.25) is 0 Å². The minimum atomic E-state index is -3.83. The Morgan fingerprint density at radius 2 is 1.63 bits per heavy atom. The van der Waals surface area contributed by atoms with Crippen molar-refractivity contribution >= 4 is 21.6 Å². The molecule has 0 unspecified atom stereocenters. The van der Waals surface area contributed by atoms with E-state index in [4.69, 9.17) is 9.47 Å². The second kappa shape index (κ2) is 11.2. The van der Waals surface area contributed by atoms with Gasteiger partial charge in [-0.2, -0.15) is 0 Å². The molecule has 1 amide bonds. The van der Waals surface area contributed by atoms with Gasteiger partial charge in [0.2, 0.25) is 0 Å². The zero-order valence-electron chi connectivity index (χ0n) is 20.6. The molecule has 3 aromatic rings. The lowest BCUT2D eigenvalue weighted by Gasteiger charge is -2.23. The Kier molecular flexibility index (Phi) is 8.37. The fourth-order valence-electron chi connectivity index (χ4n) is 3.75. The van der Waals surface area contributed by atoms with Gasteiger partial charge in [-0.25, -0.2) is 8.42 Å². The SMILES string of the molecule is COc1ccc([C@@H](CNC(=O)c2cccc(S(=O)(=O)N(C)c3ccccc3)c2)[NH+](C)C)cc1OC. The number of ether oxygens (including phenoxy) is 2. The Hall–Kier alpha value is -3.56. The molecule has 0 aliphatic heterocycles. The topological polar surface area (TPSA) is 89.4 Å². The Morgan fingerprint density at radius 3 is 2.26 bits per heavy atom. The number of amides is 1. The maximum atomic E-state index is 13.1. The smallest absolute Gasteiger partial charge is 0.264 e. The summed E-state index contributed by atoms with van der Waals surface area (Å²) < 4.78 is 38.2. The number of carbonyl (C=O) groups is 1. The normalized spacial score (nSPS) is 12.2. The molecule has 35 heavy (non-hydrogen) atoms. The largest absolute Gasteiger partial charge is 0.493 e. The van der Waals surface area contributed by atoms with Crippen LogP contribution in [0.25, 0.3) is 0 Å². The van der Waals surface area contributed by atoms with Crippen molar-refractivity contribution < 1.29 is 27.6 Å². The van der Waals surface area contributed by atoms with E-state index in [1.54, 1.807) is 50.6 Å². The van der Waals surface area contributed by atoms with E-state index in [9.17, 15) is 13.2 Å². The van der Waals surface area contributed by atoms with Gasteiger partial charge in [0, 0.05) is 18.2 Å². The molecule has 0 bridgehead atoms. The second-order valence-electron chi connectivity index (χ2n) is 8.29. The number of nitrogens with zero attached hydrogens (tertiary/aromatic N) is 1. The van der Waals surface area contributed by atoms with Gasteiger partial charge in [-0.3, -0.25) is 9.10 Å². The molecule has 1 atom stereocenters. The number of nitrogens with one attached hydrogen (secondary N) is 2. The Balaban J connectivity index is 1.78. The van der Waals surface area contributed by atoms with Gasteiger partial charge in [0.1, 0.15) is 6.04 Å². The number of quaternary nitrogens is 1. The fraction of sp³-hybridized carbons (Fsp3) is 0.269. The van der Waals surface area contributed by atoms with Crippen LogP contribution in [0.15, 0.2) is 77.7 Å². The molecule has 9 heteroatoms. The van der Waals surface area contributed by atoms with E-state index in [1.807, 2.05) is 38.4 Å². The number of anilines is 1. The molecule has 0 spiro atoms. The summed E-state index contributed by atoms with van der Waals surface area (Å²) in [5.74, 6) is 0.894. The van der Waals surface area contributed by atoms with Crippen LogP contribution in [0.3, 0.4) is 0 Å². The minimum absolute atomic E-state index is 0.0474. The Bertz CT molecular complexity index is 1260. The molecule has 0 heterocycles.